The number of aromatic amines is 1. The number of aromatic nitrogens is 3. The van der Waals surface area contributed by atoms with Crippen LogP contribution in [0.5, 0.6) is 5.75 Å². The van der Waals surface area contributed by atoms with Gasteiger partial charge in [-0.2, -0.15) is 0 Å². The molecule has 0 unspecified atom stereocenters. The topological polar surface area (TPSA) is 95.4 Å². The van der Waals surface area contributed by atoms with Crippen LogP contribution in [0.15, 0.2) is 96.4 Å². The Kier molecular flexibility index (Phi) is 7.32. The molecule has 0 bridgehead atoms. The fourth-order valence-corrected chi connectivity index (χ4v) is 4.98. The molecule has 2 heterocycles. The number of pyridine rings is 1. The quantitative estimate of drug-likeness (QED) is 0.118. The van der Waals surface area contributed by atoms with Crippen LogP contribution < -0.4 is 10.1 Å². The van der Waals surface area contributed by atoms with Crippen LogP contribution in [0.1, 0.15) is 23.1 Å². The largest absolute Gasteiger partial charge is 0.492 e. The average Bonchev–Trinajstić information content (AvgIpc) is 3.63. The fourth-order valence-electron chi connectivity index (χ4n) is 4.98. The fraction of sp³-hybridized carbons (Fsp3) is 0.156. The van der Waals surface area contributed by atoms with Crippen LogP contribution in [0.4, 0.5) is 4.39 Å². The Balaban J connectivity index is 1.21. The molecule has 0 saturated carbocycles. The molecule has 0 saturated heterocycles. The zero-order valence-corrected chi connectivity index (χ0v) is 21.8. The number of fused-ring (bicyclic) bond motifs is 1. The molecule has 0 amide bonds. The maximum atomic E-state index is 13.1. The second kappa shape index (κ2) is 11.5. The number of rotatable bonds is 9. The van der Waals surface area contributed by atoms with Gasteiger partial charge in [0.05, 0.1) is 17.1 Å². The minimum atomic E-state index is -0.234. The summed E-state index contributed by atoms with van der Waals surface area (Å²) in [6, 6.07) is 24.4. The van der Waals surface area contributed by atoms with Crippen LogP contribution >= 0.6 is 0 Å². The SMILES string of the molecule is O/N=C1\CCc2cc(-c3nc(-c4cccc(OCCNCc5ccc(F)cc5)c4)[nH]c3-c3ccncc3)ccc21. The summed E-state index contributed by atoms with van der Waals surface area (Å²) >= 11 is 0. The Bertz CT molecular complexity index is 1650. The van der Waals surface area contributed by atoms with Gasteiger partial charge in [0.2, 0.25) is 0 Å². The minimum absolute atomic E-state index is 0.234. The highest BCUT2D eigenvalue weighted by Crippen LogP contribution is 2.36. The molecular weight excluding hydrogens is 505 g/mol. The van der Waals surface area contributed by atoms with Crippen molar-refractivity contribution < 1.29 is 14.3 Å². The van der Waals surface area contributed by atoms with Gasteiger partial charge < -0.3 is 20.2 Å². The third-order valence-electron chi connectivity index (χ3n) is 7.01. The van der Waals surface area contributed by atoms with Gasteiger partial charge in [0.25, 0.3) is 0 Å². The molecule has 0 radical (unpaired) electrons. The van der Waals surface area contributed by atoms with E-state index in [1.165, 1.54) is 12.1 Å². The summed E-state index contributed by atoms with van der Waals surface area (Å²) in [6.07, 6.45) is 5.10. The van der Waals surface area contributed by atoms with E-state index in [-0.39, 0.29) is 5.82 Å². The van der Waals surface area contributed by atoms with Crippen molar-refractivity contribution in [2.75, 3.05) is 13.2 Å². The third kappa shape index (κ3) is 5.48. The molecule has 40 heavy (non-hydrogen) atoms. The molecule has 6 rings (SSSR count). The second-order valence-corrected chi connectivity index (χ2v) is 9.64. The number of ether oxygens (including phenoxy) is 1. The van der Waals surface area contributed by atoms with Gasteiger partial charge in [0.15, 0.2) is 0 Å². The molecule has 2 aromatic heterocycles. The zero-order valence-electron chi connectivity index (χ0n) is 21.8. The van der Waals surface area contributed by atoms with E-state index in [0.29, 0.717) is 19.7 Å². The number of oxime groups is 1. The van der Waals surface area contributed by atoms with Gasteiger partial charge in [-0.05, 0) is 66.4 Å². The molecule has 8 heteroatoms. The van der Waals surface area contributed by atoms with E-state index in [2.05, 4.69) is 26.5 Å². The average molecular weight is 534 g/mol. The molecule has 1 aliphatic carbocycles. The van der Waals surface area contributed by atoms with Crippen molar-refractivity contribution in [1.82, 2.24) is 20.3 Å². The summed E-state index contributed by atoms with van der Waals surface area (Å²) in [4.78, 5) is 12.7. The lowest BCUT2D eigenvalue weighted by Crippen LogP contribution is -2.20. The summed E-state index contributed by atoms with van der Waals surface area (Å²) in [6.45, 7) is 1.79. The van der Waals surface area contributed by atoms with Crippen LogP contribution in [-0.2, 0) is 13.0 Å². The number of hydrogen-bond donors (Lipinski definition) is 3. The number of aryl methyl sites for hydroxylation is 1. The number of hydrogen-bond acceptors (Lipinski definition) is 6. The van der Waals surface area contributed by atoms with E-state index in [0.717, 1.165) is 74.9 Å². The lowest BCUT2D eigenvalue weighted by Gasteiger charge is -2.09. The van der Waals surface area contributed by atoms with Crippen LogP contribution in [0.25, 0.3) is 33.9 Å². The molecule has 3 aromatic carbocycles. The summed E-state index contributed by atoms with van der Waals surface area (Å²) in [5.74, 6) is 1.25. The first-order valence-electron chi connectivity index (χ1n) is 13.2. The zero-order chi connectivity index (χ0) is 27.3. The molecule has 1 aliphatic rings. The first kappa shape index (κ1) is 25.5. The van der Waals surface area contributed by atoms with Gasteiger partial charge in [0.1, 0.15) is 24.0 Å². The van der Waals surface area contributed by atoms with Gasteiger partial charge in [-0.25, -0.2) is 9.37 Å². The molecule has 3 N–H and O–H groups in total. The molecule has 7 nitrogen and oxygen atoms in total. The molecule has 5 aromatic rings. The summed E-state index contributed by atoms with van der Waals surface area (Å²) in [5.41, 5.74) is 8.52. The van der Waals surface area contributed by atoms with Crippen molar-refractivity contribution in [1.29, 1.82) is 0 Å². The van der Waals surface area contributed by atoms with Gasteiger partial charge in [0, 0.05) is 47.7 Å². The maximum absolute atomic E-state index is 13.1. The highest BCUT2D eigenvalue weighted by atomic mass is 19.1. The van der Waals surface area contributed by atoms with Gasteiger partial charge >= 0.3 is 0 Å². The predicted molar refractivity (Wildman–Crippen MR) is 153 cm³/mol. The van der Waals surface area contributed by atoms with Crippen LogP contribution in [-0.4, -0.2) is 39.0 Å². The van der Waals surface area contributed by atoms with Crippen LogP contribution in [0.2, 0.25) is 0 Å². The molecular formula is C32H28FN5O2. The van der Waals surface area contributed by atoms with Crippen molar-refractivity contribution >= 4 is 5.71 Å². The minimum Gasteiger partial charge on any atom is -0.492 e. The lowest BCUT2D eigenvalue weighted by molar-refractivity contribution is 0.314. The Morgan fingerprint density at radius 2 is 1.77 bits per heavy atom. The van der Waals surface area contributed by atoms with E-state index < -0.39 is 0 Å². The Morgan fingerprint density at radius 1 is 0.925 bits per heavy atom. The third-order valence-corrected chi connectivity index (χ3v) is 7.01. The number of benzene rings is 3. The molecule has 200 valence electrons. The van der Waals surface area contributed by atoms with E-state index in [4.69, 9.17) is 9.72 Å². The molecule has 0 atom stereocenters. The van der Waals surface area contributed by atoms with E-state index in [1.54, 1.807) is 24.5 Å². The Hall–Kier alpha value is -4.82. The summed E-state index contributed by atoms with van der Waals surface area (Å²) < 4.78 is 19.1. The van der Waals surface area contributed by atoms with Gasteiger partial charge in [-0.3, -0.25) is 4.98 Å². The Labute approximate surface area is 231 Å². The van der Waals surface area contributed by atoms with Crippen molar-refractivity contribution in [3.05, 3.63) is 114 Å². The molecule has 0 aliphatic heterocycles. The number of imidazole rings is 1. The van der Waals surface area contributed by atoms with Crippen molar-refractivity contribution in [3.63, 3.8) is 0 Å². The first-order chi connectivity index (χ1) is 19.7. The number of nitrogens with one attached hydrogen (secondary N) is 2. The van der Waals surface area contributed by atoms with Crippen LogP contribution in [0, 0.1) is 5.82 Å². The van der Waals surface area contributed by atoms with E-state index in [1.807, 2.05) is 48.5 Å². The molecule has 0 spiro atoms. The smallest absolute Gasteiger partial charge is 0.138 e. The normalized spacial score (nSPS) is 13.5. The van der Waals surface area contributed by atoms with Crippen molar-refractivity contribution in [3.8, 4) is 39.7 Å². The summed E-state index contributed by atoms with van der Waals surface area (Å²) in [7, 11) is 0. The maximum Gasteiger partial charge on any atom is 0.138 e. The number of halogens is 1. The van der Waals surface area contributed by atoms with E-state index in [9.17, 15) is 9.60 Å². The number of nitrogens with zero attached hydrogens (tertiary/aromatic N) is 3. The van der Waals surface area contributed by atoms with E-state index >= 15 is 0 Å². The Morgan fingerprint density at radius 3 is 2.60 bits per heavy atom. The van der Waals surface area contributed by atoms with Gasteiger partial charge in [-0.15, -0.1) is 0 Å². The summed E-state index contributed by atoms with van der Waals surface area (Å²) in [5, 5.41) is 16.1. The highest BCUT2D eigenvalue weighted by molar-refractivity contribution is 6.04. The van der Waals surface area contributed by atoms with Crippen molar-refractivity contribution in [2.45, 2.75) is 19.4 Å². The highest BCUT2D eigenvalue weighted by Gasteiger charge is 2.21. The molecule has 0 fully saturated rings. The predicted octanol–water partition coefficient (Wildman–Crippen LogP) is 6.24. The van der Waals surface area contributed by atoms with Crippen LogP contribution in [0.3, 0.4) is 0 Å². The second-order valence-electron chi connectivity index (χ2n) is 9.64. The monoisotopic (exact) mass is 533 g/mol. The standard InChI is InChI=1S/C32H28FN5O2/c33-26-8-4-21(5-9-26)20-35-16-17-40-27-3-1-2-25(19-27)32-36-30(22-12-14-34-15-13-22)31(37-32)24-6-10-28-23(18-24)7-11-29(28)38-39/h1-6,8-10,12-15,18-19,35,39H,7,11,16-17,20H2,(H,36,37)/b38-29+. The number of H-pyrrole nitrogens is 1. The van der Waals surface area contributed by atoms with Crippen molar-refractivity contribution in [2.24, 2.45) is 5.16 Å². The van der Waals surface area contributed by atoms with Gasteiger partial charge in [-0.1, -0.05) is 41.6 Å². The lowest BCUT2D eigenvalue weighted by atomic mass is 10.0. The first-order valence-corrected chi connectivity index (χ1v) is 13.2.